The van der Waals surface area contributed by atoms with E-state index in [1.165, 1.54) is 0 Å². The molecule has 1 amide bonds. The van der Waals surface area contributed by atoms with Gasteiger partial charge in [0.1, 0.15) is 19.0 Å². The fraction of sp³-hybridized carbons (Fsp3) is 0.412. The van der Waals surface area contributed by atoms with Gasteiger partial charge in [-0.3, -0.25) is 4.79 Å². The number of ether oxygens (including phenoxy) is 2. The molecule has 1 atom stereocenters. The molecule has 1 aliphatic heterocycles. The Morgan fingerprint density at radius 2 is 2.09 bits per heavy atom. The lowest BCUT2D eigenvalue weighted by Gasteiger charge is -2.20. The Hall–Kier alpha value is -2.50. The summed E-state index contributed by atoms with van der Waals surface area (Å²) in [7, 11) is 1.95. The molecule has 1 N–H and O–H groups in total. The van der Waals surface area contributed by atoms with Gasteiger partial charge in [0.15, 0.2) is 11.5 Å². The number of hydrogen-bond acceptors (Lipinski definition) is 4. The molecular weight excluding hydrogens is 294 g/mol. The Kier molecular flexibility index (Phi) is 3.44. The molecule has 0 unspecified atom stereocenters. The van der Waals surface area contributed by atoms with Gasteiger partial charge in [0.25, 0.3) is 5.91 Å². The standard InChI is InChI=1S/C17H19N3O3/c1-20-7-6-18-16(20)15(11-2-3-11)19-17(21)12-4-5-13-14(10-12)23-9-8-22-13/h4-7,10-11,15H,2-3,8-9H2,1H3,(H,19,21)/t15-/m0/s1. The van der Waals surface area contributed by atoms with Crippen LogP contribution in [-0.4, -0.2) is 28.7 Å². The van der Waals surface area contributed by atoms with Gasteiger partial charge in [0.2, 0.25) is 0 Å². The van der Waals surface area contributed by atoms with E-state index in [0.29, 0.717) is 36.2 Å². The van der Waals surface area contributed by atoms with E-state index < -0.39 is 0 Å². The topological polar surface area (TPSA) is 65.4 Å². The molecule has 6 nitrogen and oxygen atoms in total. The zero-order chi connectivity index (χ0) is 15.8. The monoisotopic (exact) mass is 313 g/mol. The van der Waals surface area contributed by atoms with Gasteiger partial charge in [0, 0.05) is 25.0 Å². The summed E-state index contributed by atoms with van der Waals surface area (Å²) in [5.41, 5.74) is 0.578. The molecule has 1 saturated carbocycles. The SMILES string of the molecule is Cn1ccnc1[C@@H](NC(=O)c1ccc2c(c1)OCCO2)C1CC1. The first-order chi connectivity index (χ1) is 11.2. The van der Waals surface area contributed by atoms with E-state index in [0.717, 1.165) is 18.7 Å². The molecule has 0 saturated heterocycles. The highest BCUT2D eigenvalue weighted by Gasteiger charge is 2.36. The average Bonchev–Trinajstić information content (AvgIpc) is 3.33. The van der Waals surface area contributed by atoms with Crippen LogP contribution >= 0.6 is 0 Å². The predicted molar refractivity (Wildman–Crippen MR) is 83.6 cm³/mol. The largest absolute Gasteiger partial charge is 0.486 e. The minimum Gasteiger partial charge on any atom is -0.486 e. The fourth-order valence-electron chi connectivity index (χ4n) is 2.91. The first-order valence-electron chi connectivity index (χ1n) is 7.90. The molecule has 120 valence electrons. The number of imidazole rings is 1. The Morgan fingerprint density at radius 1 is 1.30 bits per heavy atom. The summed E-state index contributed by atoms with van der Waals surface area (Å²) in [6.45, 7) is 1.05. The van der Waals surface area contributed by atoms with Crippen molar-refractivity contribution in [3.05, 3.63) is 42.0 Å². The van der Waals surface area contributed by atoms with Crippen molar-refractivity contribution < 1.29 is 14.3 Å². The average molecular weight is 313 g/mol. The summed E-state index contributed by atoms with van der Waals surface area (Å²) in [5.74, 6) is 2.58. The molecule has 1 fully saturated rings. The first-order valence-corrected chi connectivity index (χ1v) is 7.90. The summed E-state index contributed by atoms with van der Waals surface area (Å²) in [6, 6.07) is 5.25. The number of hydrogen-bond donors (Lipinski definition) is 1. The number of nitrogens with zero attached hydrogens (tertiary/aromatic N) is 2. The normalized spacial score (nSPS) is 17.6. The van der Waals surface area contributed by atoms with E-state index >= 15 is 0 Å². The number of benzene rings is 1. The minimum atomic E-state index is -0.109. The van der Waals surface area contributed by atoms with Crippen molar-refractivity contribution in [2.24, 2.45) is 13.0 Å². The lowest BCUT2D eigenvalue weighted by atomic mass is 10.1. The van der Waals surface area contributed by atoms with Gasteiger partial charge in [-0.15, -0.1) is 0 Å². The molecule has 4 rings (SSSR count). The number of carbonyl (C=O) groups is 1. The Morgan fingerprint density at radius 3 is 2.78 bits per heavy atom. The van der Waals surface area contributed by atoms with Crippen molar-refractivity contribution in [1.82, 2.24) is 14.9 Å². The van der Waals surface area contributed by atoms with Crippen LogP contribution in [0.15, 0.2) is 30.6 Å². The van der Waals surface area contributed by atoms with Crippen molar-refractivity contribution in [3.8, 4) is 11.5 Å². The Labute approximate surface area is 134 Å². The lowest BCUT2D eigenvalue weighted by molar-refractivity contribution is 0.0927. The van der Waals surface area contributed by atoms with Crippen LogP contribution in [0.4, 0.5) is 0 Å². The smallest absolute Gasteiger partial charge is 0.252 e. The summed E-state index contributed by atoms with van der Waals surface area (Å²) >= 11 is 0. The van der Waals surface area contributed by atoms with Crippen LogP contribution in [0.2, 0.25) is 0 Å². The van der Waals surface area contributed by atoms with Crippen LogP contribution in [0.1, 0.15) is 35.1 Å². The highest BCUT2D eigenvalue weighted by molar-refractivity contribution is 5.95. The summed E-state index contributed by atoms with van der Waals surface area (Å²) in [6.07, 6.45) is 5.92. The quantitative estimate of drug-likeness (QED) is 0.938. The van der Waals surface area contributed by atoms with Gasteiger partial charge < -0.3 is 19.4 Å². The van der Waals surface area contributed by atoms with Crippen LogP contribution in [0.25, 0.3) is 0 Å². The molecule has 0 spiro atoms. The summed E-state index contributed by atoms with van der Waals surface area (Å²) in [4.78, 5) is 17.0. The third kappa shape index (κ3) is 2.76. The second kappa shape index (κ2) is 5.61. The van der Waals surface area contributed by atoms with Crippen molar-refractivity contribution in [1.29, 1.82) is 0 Å². The van der Waals surface area contributed by atoms with Crippen molar-refractivity contribution in [3.63, 3.8) is 0 Å². The van der Waals surface area contributed by atoms with E-state index in [-0.39, 0.29) is 11.9 Å². The zero-order valence-corrected chi connectivity index (χ0v) is 13.0. The number of amides is 1. The van der Waals surface area contributed by atoms with Gasteiger partial charge >= 0.3 is 0 Å². The van der Waals surface area contributed by atoms with Gasteiger partial charge in [-0.05, 0) is 37.0 Å². The van der Waals surface area contributed by atoms with E-state index in [1.54, 1.807) is 24.4 Å². The minimum absolute atomic E-state index is 0.0456. The number of aryl methyl sites for hydroxylation is 1. The maximum absolute atomic E-state index is 12.6. The van der Waals surface area contributed by atoms with Gasteiger partial charge in [-0.25, -0.2) is 4.98 Å². The second-order valence-corrected chi connectivity index (χ2v) is 6.04. The number of aromatic nitrogens is 2. The molecule has 2 aromatic rings. The van der Waals surface area contributed by atoms with Crippen molar-refractivity contribution >= 4 is 5.91 Å². The van der Waals surface area contributed by atoms with Crippen LogP contribution in [0.3, 0.4) is 0 Å². The molecule has 2 aliphatic rings. The molecule has 6 heteroatoms. The molecule has 2 heterocycles. The predicted octanol–water partition coefficient (Wildman–Crippen LogP) is 2.07. The third-order valence-electron chi connectivity index (χ3n) is 4.32. The molecule has 23 heavy (non-hydrogen) atoms. The Bertz CT molecular complexity index is 736. The Balaban J connectivity index is 1.55. The number of fused-ring (bicyclic) bond motifs is 1. The number of carbonyl (C=O) groups excluding carboxylic acids is 1. The van der Waals surface area contributed by atoms with Gasteiger partial charge in [-0.2, -0.15) is 0 Å². The van der Waals surface area contributed by atoms with Crippen LogP contribution < -0.4 is 14.8 Å². The fourth-order valence-corrected chi connectivity index (χ4v) is 2.91. The van der Waals surface area contributed by atoms with E-state index in [1.807, 2.05) is 17.8 Å². The molecule has 0 bridgehead atoms. The first kappa shape index (κ1) is 14.1. The molecule has 1 aromatic heterocycles. The zero-order valence-electron chi connectivity index (χ0n) is 13.0. The number of nitrogens with one attached hydrogen (secondary N) is 1. The van der Waals surface area contributed by atoms with Crippen molar-refractivity contribution in [2.45, 2.75) is 18.9 Å². The van der Waals surface area contributed by atoms with Gasteiger partial charge in [0.05, 0.1) is 6.04 Å². The van der Waals surface area contributed by atoms with E-state index in [9.17, 15) is 4.79 Å². The molecule has 0 radical (unpaired) electrons. The van der Waals surface area contributed by atoms with E-state index in [4.69, 9.17) is 9.47 Å². The highest BCUT2D eigenvalue weighted by Crippen LogP contribution is 2.40. The third-order valence-corrected chi connectivity index (χ3v) is 4.32. The molecule has 1 aromatic carbocycles. The van der Waals surface area contributed by atoms with Crippen molar-refractivity contribution in [2.75, 3.05) is 13.2 Å². The lowest BCUT2D eigenvalue weighted by Crippen LogP contribution is -2.31. The van der Waals surface area contributed by atoms with Crippen LogP contribution in [0, 0.1) is 5.92 Å². The molecular formula is C17H19N3O3. The maximum Gasteiger partial charge on any atom is 0.252 e. The highest BCUT2D eigenvalue weighted by atomic mass is 16.6. The van der Waals surface area contributed by atoms with Crippen LogP contribution in [0.5, 0.6) is 11.5 Å². The summed E-state index contributed by atoms with van der Waals surface area (Å²) in [5, 5.41) is 3.13. The van der Waals surface area contributed by atoms with E-state index in [2.05, 4.69) is 10.3 Å². The molecule has 1 aliphatic carbocycles. The second-order valence-electron chi connectivity index (χ2n) is 6.04. The maximum atomic E-state index is 12.6. The number of rotatable bonds is 4. The van der Waals surface area contributed by atoms with Gasteiger partial charge in [-0.1, -0.05) is 0 Å². The van der Waals surface area contributed by atoms with Crippen LogP contribution in [-0.2, 0) is 7.05 Å². The summed E-state index contributed by atoms with van der Waals surface area (Å²) < 4.78 is 13.0.